The van der Waals surface area contributed by atoms with Crippen molar-refractivity contribution in [3.8, 4) is 0 Å². The Morgan fingerprint density at radius 3 is 3.00 bits per heavy atom. The second-order valence-electron chi connectivity index (χ2n) is 5.69. The Balaban J connectivity index is 1.54. The Kier molecular flexibility index (Phi) is 4.54. The lowest BCUT2D eigenvalue weighted by Crippen LogP contribution is -2.45. The molecule has 22 heavy (non-hydrogen) atoms. The van der Waals surface area contributed by atoms with E-state index in [4.69, 9.17) is 10.5 Å². The minimum Gasteiger partial charge on any atom is -0.374 e. The average molecular weight is 310 g/mol. The van der Waals surface area contributed by atoms with Crippen LogP contribution in [0.4, 0.5) is 14.5 Å². The molecule has 0 amide bonds. The number of nitrogens with one attached hydrogen (secondary N) is 1. The van der Waals surface area contributed by atoms with Crippen LogP contribution in [-0.2, 0) is 4.74 Å². The topological polar surface area (TPSA) is 62.9 Å². The molecule has 1 aromatic carbocycles. The van der Waals surface area contributed by atoms with Gasteiger partial charge < -0.3 is 15.8 Å². The normalized spacial score (nSPS) is 23.5. The molecule has 1 aromatic rings. The molecule has 2 fully saturated rings. The smallest absolute Gasteiger partial charge is 0.193 e. The molecule has 1 heterocycles. The van der Waals surface area contributed by atoms with Crippen LogP contribution in [-0.4, -0.2) is 49.2 Å². The molecule has 1 atom stereocenters. The number of morpholine rings is 1. The molecule has 1 unspecified atom stereocenters. The van der Waals surface area contributed by atoms with Gasteiger partial charge in [-0.1, -0.05) is 0 Å². The predicted molar refractivity (Wildman–Crippen MR) is 80.8 cm³/mol. The summed E-state index contributed by atoms with van der Waals surface area (Å²) in [6.07, 6.45) is 2.52. The minimum absolute atomic E-state index is 0.00736. The van der Waals surface area contributed by atoms with Gasteiger partial charge in [-0.25, -0.2) is 8.78 Å². The van der Waals surface area contributed by atoms with E-state index < -0.39 is 11.6 Å². The quantitative estimate of drug-likeness (QED) is 0.654. The van der Waals surface area contributed by atoms with Gasteiger partial charge in [-0.2, -0.15) is 0 Å². The fourth-order valence-electron chi connectivity index (χ4n) is 2.59. The van der Waals surface area contributed by atoms with E-state index in [0.29, 0.717) is 19.2 Å². The van der Waals surface area contributed by atoms with E-state index in [-0.39, 0.29) is 17.8 Å². The van der Waals surface area contributed by atoms with Gasteiger partial charge in [0.05, 0.1) is 24.9 Å². The Morgan fingerprint density at radius 2 is 2.23 bits per heavy atom. The molecule has 0 spiro atoms. The van der Waals surface area contributed by atoms with Crippen LogP contribution in [0.3, 0.4) is 0 Å². The second kappa shape index (κ2) is 6.58. The molecule has 1 saturated heterocycles. The second-order valence-corrected chi connectivity index (χ2v) is 5.69. The van der Waals surface area contributed by atoms with Crippen molar-refractivity contribution in [1.82, 2.24) is 4.90 Å². The van der Waals surface area contributed by atoms with Crippen LogP contribution in [0.2, 0.25) is 0 Å². The van der Waals surface area contributed by atoms with Gasteiger partial charge in [0, 0.05) is 25.2 Å². The summed E-state index contributed by atoms with van der Waals surface area (Å²) in [7, 11) is 0. The zero-order valence-electron chi connectivity index (χ0n) is 12.3. The Hall–Kier alpha value is -1.73. The number of hydrogen-bond acceptors (Lipinski definition) is 3. The lowest BCUT2D eigenvalue weighted by Gasteiger charge is -2.32. The van der Waals surface area contributed by atoms with Gasteiger partial charge in [0.25, 0.3) is 0 Å². The summed E-state index contributed by atoms with van der Waals surface area (Å²) in [4.78, 5) is 6.59. The van der Waals surface area contributed by atoms with Crippen LogP contribution in [0.15, 0.2) is 23.2 Å². The van der Waals surface area contributed by atoms with Gasteiger partial charge in [-0.15, -0.1) is 0 Å². The van der Waals surface area contributed by atoms with Crippen molar-refractivity contribution in [3.05, 3.63) is 29.8 Å². The van der Waals surface area contributed by atoms with Crippen molar-refractivity contribution < 1.29 is 13.5 Å². The van der Waals surface area contributed by atoms with Crippen LogP contribution in [0.1, 0.15) is 12.8 Å². The maximum atomic E-state index is 13.5. The van der Waals surface area contributed by atoms with Crippen LogP contribution in [0.25, 0.3) is 0 Å². The molecule has 0 aromatic heterocycles. The first-order valence-corrected chi connectivity index (χ1v) is 7.49. The fraction of sp³-hybridized carbons (Fsp3) is 0.533. The van der Waals surface area contributed by atoms with Crippen LogP contribution in [0, 0.1) is 11.6 Å². The van der Waals surface area contributed by atoms with Crippen LogP contribution >= 0.6 is 0 Å². The molecule has 7 heteroatoms. The van der Waals surface area contributed by atoms with E-state index in [2.05, 4.69) is 15.2 Å². The van der Waals surface area contributed by atoms with Crippen LogP contribution < -0.4 is 11.1 Å². The summed E-state index contributed by atoms with van der Waals surface area (Å²) in [5.74, 6) is -1.06. The highest BCUT2D eigenvalue weighted by Gasteiger charge is 2.32. The molecule has 1 saturated carbocycles. The fourth-order valence-corrected chi connectivity index (χ4v) is 2.59. The molecule has 2 aliphatic rings. The lowest BCUT2D eigenvalue weighted by molar-refractivity contribution is -0.0258. The standard InChI is InChI=1S/C15H20F2N4O/c16-10-1-4-13(17)14(7-10)20-15(18)19-8-12-9-21(5-6-22-12)11-2-3-11/h1,4,7,11-12H,2-3,5-6,8-9H2,(H3,18,19,20). The number of anilines is 1. The molecule has 120 valence electrons. The minimum atomic E-state index is -0.576. The summed E-state index contributed by atoms with van der Waals surface area (Å²) < 4.78 is 32.3. The third kappa shape index (κ3) is 3.92. The number of halogens is 2. The number of aliphatic imine (C=N–C) groups is 1. The predicted octanol–water partition coefficient (Wildman–Crippen LogP) is 1.55. The molecule has 0 bridgehead atoms. The van der Waals surface area contributed by atoms with Gasteiger partial charge >= 0.3 is 0 Å². The maximum Gasteiger partial charge on any atom is 0.193 e. The van der Waals surface area contributed by atoms with Crippen molar-refractivity contribution in [3.63, 3.8) is 0 Å². The zero-order chi connectivity index (χ0) is 15.5. The summed E-state index contributed by atoms with van der Waals surface area (Å²) in [6, 6.07) is 3.84. The molecular formula is C15H20F2N4O. The van der Waals surface area contributed by atoms with Gasteiger partial charge in [0.1, 0.15) is 11.6 Å². The molecule has 1 aliphatic carbocycles. The largest absolute Gasteiger partial charge is 0.374 e. The summed E-state index contributed by atoms with van der Waals surface area (Å²) in [5.41, 5.74) is 5.71. The highest BCUT2D eigenvalue weighted by atomic mass is 19.1. The zero-order valence-corrected chi connectivity index (χ0v) is 12.3. The number of nitrogens with two attached hydrogens (primary N) is 1. The number of nitrogens with zero attached hydrogens (tertiary/aromatic N) is 2. The van der Waals surface area contributed by atoms with E-state index in [1.54, 1.807) is 0 Å². The van der Waals surface area contributed by atoms with Gasteiger partial charge in [0.2, 0.25) is 0 Å². The van der Waals surface area contributed by atoms with Crippen LogP contribution in [0.5, 0.6) is 0 Å². The van der Waals surface area contributed by atoms with E-state index in [0.717, 1.165) is 31.3 Å². The molecule has 5 nitrogen and oxygen atoms in total. The summed E-state index contributed by atoms with van der Waals surface area (Å²) in [5, 5.41) is 2.58. The summed E-state index contributed by atoms with van der Waals surface area (Å²) in [6.45, 7) is 2.91. The van der Waals surface area contributed by atoms with E-state index in [1.165, 1.54) is 12.8 Å². The van der Waals surface area contributed by atoms with Crippen molar-refractivity contribution in [1.29, 1.82) is 0 Å². The van der Waals surface area contributed by atoms with Crippen molar-refractivity contribution in [2.24, 2.45) is 10.7 Å². The highest BCUT2D eigenvalue weighted by Crippen LogP contribution is 2.28. The van der Waals surface area contributed by atoms with E-state index in [9.17, 15) is 8.78 Å². The first-order chi connectivity index (χ1) is 10.6. The Bertz CT molecular complexity index is 562. The molecular weight excluding hydrogens is 290 g/mol. The maximum absolute atomic E-state index is 13.5. The van der Waals surface area contributed by atoms with E-state index >= 15 is 0 Å². The van der Waals surface area contributed by atoms with Gasteiger partial charge in [-0.05, 0) is 25.0 Å². The van der Waals surface area contributed by atoms with E-state index in [1.807, 2.05) is 0 Å². The molecule has 3 rings (SSSR count). The highest BCUT2D eigenvalue weighted by molar-refractivity contribution is 5.92. The van der Waals surface area contributed by atoms with Gasteiger partial charge in [0.15, 0.2) is 5.96 Å². The molecule has 1 aliphatic heterocycles. The van der Waals surface area contributed by atoms with Crippen molar-refractivity contribution in [2.45, 2.75) is 25.0 Å². The third-order valence-corrected chi connectivity index (χ3v) is 3.89. The van der Waals surface area contributed by atoms with Gasteiger partial charge in [-0.3, -0.25) is 9.89 Å². The monoisotopic (exact) mass is 310 g/mol. The number of hydrogen-bond donors (Lipinski definition) is 2. The van der Waals surface area contributed by atoms with Crippen molar-refractivity contribution >= 4 is 11.6 Å². The SMILES string of the molecule is NC(=NCC1CN(C2CC2)CCO1)Nc1cc(F)ccc1F. The number of benzene rings is 1. The third-order valence-electron chi connectivity index (χ3n) is 3.89. The number of guanidine groups is 1. The Morgan fingerprint density at radius 1 is 1.41 bits per heavy atom. The molecule has 0 radical (unpaired) electrons. The lowest BCUT2D eigenvalue weighted by atomic mass is 10.2. The Labute approximate surface area is 128 Å². The molecule has 3 N–H and O–H groups in total. The van der Waals surface area contributed by atoms with Crippen molar-refractivity contribution in [2.75, 3.05) is 31.6 Å². The summed E-state index contributed by atoms with van der Waals surface area (Å²) >= 11 is 0. The number of rotatable bonds is 4. The average Bonchev–Trinajstić information content (AvgIpc) is 3.34. The number of ether oxygens (including phenoxy) is 1. The first kappa shape index (κ1) is 15.2. The first-order valence-electron chi connectivity index (χ1n) is 7.49.